The zero-order valence-electron chi connectivity index (χ0n) is 20.2. The van der Waals surface area contributed by atoms with Crippen molar-refractivity contribution in [2.24, 2.45) is 0 Å². The van der Waals surface area contributed by atoms with Crippen LogP contribution in [0.4, 0.5) is 0 Å². The number of ether oxygens (including phenoxy) is 5. The van der Waals surface area contributed by atoms with Crippen LogP contribution < -0.4 is 23.7 Å². The van der Waals surface area contributed by atoms with Gasteiger partial charge in [-0.15, -0.1) is 0 Å². The van der Waals surface area contributed by atoms with Crippen LogP contribution in [-0.4, -0.2) is 37.6 Å². The Morgan fingerprint density at radius 3 is 2.25 bits per heavy atom. The summed E-state index contributed by atoms with van der Waals surface area (Å²) in [5.41, 5.74) is 3.10. The minimum Gasteiger partial charge on any atom is -0.496 e. The molecule has 0 saturated carbocycles. The summed E-state index contributed by atoms with van der Waals surface area (Å²) in [5, 5.41) is 10.4. The van der Waals surface area contributed by atoms with Gasteiger partial charge in [-0.3, -0.25) is 0 Å². The second-order valence-corrected chi connectivity index (χ2v) is 9.88. The van der Waals surface area contributed by atoms with E-state index in [1.165, 1.54) is 0 Å². The molecule has 6 heteroatoms. The van der Waals surface area contributed by atoms with Crippen molar-refractivity contribution in [3.63, 3.8) is 0 Å². The van der Waals surface area contributed by atoms with Crippen molar-refractivity contribution in [2.75, 3.05) is 21.3 Å². The highest BCUT2D eigenvalue weighted by molar-refractivity contribution is 5.67. The standard InChI is InChI=1S/C26H34O6/c1-25(2,27)10-8-15-17-12-18-21(31-20(17)14-22(29-6)24(15)30-7)13-19(28-5)16-9-11-26(3,4)32-23(16)18/h13-14,27H,8-12H2,1-7H3. The van der Waals surface area contributed by atoms with Gasteiger partial charge in [0.1, 0.15) is 28.6 Å². The van der Waals surface area contributed by atoms with E-state index in [0.717, 1.165) is 58.1 Å². The lowest BCUT2D eigenvalue weighted by Gasteiger charge is -2.36. The van der Waals surface area contributed by atoms with Crippen molar-refractivity contribution in [2.45, 2.75) is 71.0 Å². The Morgan fingerprint density at radius 1 is 0.969 bits per heavy atom. The molecule has 0 spiro atoms. The first-order valence-electron chi connectivity index (χ1n) is 11.2. The SMILES string of the molecule is COc1cc2c(c3c1CCC(C)(C)O3)Cc1c(cc(OC)c(OC)c1CCC(C)(C)O)O2. The minimum absolute atomic E-state index is 0.255. The number of hydrogen-bond acceptors (Lipinski definition) is 6. The van der Waals surface area contributed by atoms with Crippen LogP contribution in [0.2, 0.25) is 0 Å². The smallest absolute Gasteiger partial charge is 0.164 e. The summed E-state index contributed by atoms with van der Waals surface area (Å²) in [6, 6.07) is 3.84. The highest BCUT2D eigenvalue weighted by Gasteiger charge is 2.35. The zero-order valence-corrected chi connectivity index (χ0v) is 20.2. The Labute approximate surface area is 190 Å². The summed E-state index contributed by atoms with van der Waals surface area (Å²) in [6.07, 6.45) is 3.68. The van der Waals surface area contributed by atoms with Crippen molar-refractivity contribution in [3.05, 3.63) is 34.4 Å². The monoisotopic (exact) mass is 442 g/mol. The summed E-state index contributed by atoms with van der Waals surface area (Å²) in [6.45, 7) is 7.86. The third-order valence-electron chi connectivity index (χ3n) is 6.39. The molecule has 1 N–H and O–H groups in total. The van der Waals surface area contributed by atoms with E-state index in [-0.39, 0.29) is 5.60 Å². The number of benzene rings is 2. The van der Waals surface area contributed by atoms with Gasteiger partial charge in [-0.05, 0) is 53.4 Å². The van der Waals surface area contributed by atoms with Gasteiger partial charge in [0, 0.05) is 40.8 Å². The molecule has 2 aromatic rings. The molecule has 0 saturated heterocycles. The molecule has 0 amide bonds. The molecule has 0 fully saturated rings. The second-order valence-electron chi connectivity index (χ2n) is 9.88. The van der Waals surface area contributed by atoms with E-state index in [1.54, 1.807) is 21.3 Å². The molecule has 0 atom stereocenters. The first-order valence-corrected chi connectivity index (χ1v) is 11.2. The van der Waals surface area contributed by atoms with E-state index in [0.29, 0.717) is 30.8 Å². The summed E-state index contributed by atoms with van der Waals surface area (Å²) < 4.78 is 29.9. The van der Waals surface area contributed by atoms with E-state index in [1.807, 2.05) is 26.0 Å². The normalized spacial score (nSPS) is 16.1. The Bertz CT molecular complexity index is 1030. The predicted octanol–water partition coefficient (Wildman–Crippen LogP) is 5.22. The van der Waals surface area contributed by atoms with Crippen LogP contribution in [0, 0.1) is 0 Å². The summed E-state index contributed by atoms with van der Waals surface area (Å²) in [5.74, 6) is 4.43. The van der Waals surface area contributed by atoms with Crippen LogP contribution in [0.1, 0.15) is 62.8 Å². The molecular weight excluding hydrogens is 408 g/mol. The largest absolute Gasteiger partial charge is 0.496 e. The molecule has 0 aliphatic carbocycles. The molecule has 174 valence electrons. The van der Waals surface area contributed by atoms with E-state index in [9.17, 15) is 5.11 Å². The van der Waals surface area contributed by atoms with Crippen LogP contribution in [0.15, 0.2) is 12.1 Å². The Hall–Kier alpha value is -2.60. The Morgan fingerprint density at radius 2 is 1.62 bits per heavy atom. The average molecular weight is 443 g/mol. The van der Waals surface area contributed by atoms with E-state index in [4.69, 9.17) is 23.7 Å². The van der Waals surface area contributed by atoms with Crippen molar-refractivity contribution in [1.82, 2.24) is 0 Å². The number of hydrogen-bond donors (Lipinski definition) is 1. The fourth-order valence-electron chi connectivity index (χ4n) is 4.61. The fraction of sp³-hybridized carbons (Fsp3) is 0.538. The Kier molecular flexibility index (Phi) is 5.70. The molecule has 0 bridgehead atoms. The maximum Gasteiger partial charge on any atom is 0.164 e. The van der Waals surface area contributed by atoms with Gasteiger partial charge in [-0.2, -0.15) is 0 Å². The first kappa shape index (κ1) is 22.6. The zero-order chi connectivity index (χ0) is 23.3. The van der Waals surface area contributed by atoms with Crippen LogP contribution >= 0.6 is 0 Å². The van der Waals surface area contributed by atoms with Gasteiger partial charge in [0.25, 0.3) is 0 Å². The number of methoxy groups -OCH3 is 3. The number of rotatable bonds is 6. The lowest BCUT2D eigenvalue weighted by atomic mass is 9.86. The highest BCUT2D eigenvalue weighted by atomic mass is 16.5. The van der Waals surface area contributed by atoms with Crippen molar-refractivity contribution >= 4 is 0 Å². The van der Waals surface area contributed by atoms with Gasteiger partial charge in [0.15, 0.2) is 11.5 Å². The summed E-state index contributed by atoms with van der Waals surface area (Å²) >= 11 is 0. The predicted molar refractivity (Wildman–Crippen MR) is 123 cm³/mol. The summed E-state index contributed by atoms with van der Waals surface area (Å²) in [4.78, 5) is 0. The fourth-order valence-corrected chi connectivity index (χ4v) is 4.61. The van der Waals surface area contributed by atoms with E-state index >= 15 is 0 Å². The van der Waals surface area contributed by atoms with Crippen LogP contribution in [-0.2, 0) is 19.3 Å². The van der Waals surface area contributed by atoms with Gasteiger partial charge in [0.05, 0.1) is 26.9 Å². The maximum absolute atomic E-state index is 10.4. The van der Waals surface area contributed by atoms with Crippen molar-refractivity contribution in [3.8, 4) is 34.5 Å². The van der Waals surface area contributed by atoms with Gasteiger partial charge in [0.2, 0.25) is 0 Å². The van der Waals surface area contributed by atoms with Crippen LogP contribution in [0.5, 0.6) is 34.5 Å². The minimum atomic E-state index is -0.798. The molecular formula is C26H34O6. The number of aliphatic hydroxyl groups is 1. The molecule has 2 aromatic carbocycles. The highest BCUT2D eigenvalue weighted by Crippen LogP contribution is 2.52. The molecule has 2 heterocycles. The first-order chi connectivity index (χ1) is 15.1. The third-order valence-corrected chi connectivity index (χ3v) is 6.39. The van der Waals surface area contributed by atoms with Gasteiger partial charge < -0.3 is 28.8 Å². The van der Waals surface area contributed by atoms with Crippen molar-refractivity contribution < 1.29 is 28.8 Å². The molecule has 6 nitrogen and oxygen atoms in total. The summed E-state index contributed by atoms with van der Waals surface area (Å²) in [7, 11) is 4.95. The molecule has 2 aliphatic heterocycles. The molecule has 4 rings (SSSR count). The third kappa shape index (κ3) is 4.08. The molecule has 0 radical (unpaired) electrons. The van der Waals surface area contributed by atoms with E-state index in [2.05, 4.69) is 13.8 Å². The van der Waals surface area contributed by atoms with Gasteiger partial charge >= 0.3 is 0 Å². The Balaban J connectivity index is 1.87. The number of fused-ring (bicyclic) bond motifs is 4. The van der Waals surface area contributed by atoms with Crippen LogP contribution in [0.3, 0.4) is 0 Å². The lowest BCUT2D eigenvalue weighted by Crippen LogP contribution is -2.33. The van der Waals surface area contributed by atoms with Crippen LogP contribution in [0.25, 0.3) is 0 Å². The second kappa shape index (κ2) is 8.07. The maximum atomic E-state index is 10.4. The molecule has 0 unspecified atom stereocenters. The van der Waals surface area contributed by atoms with E-state index < -0.39 is 5.60 Å². The topological polar surface area (TPSA) is 66.4 Å². The average Bonchev–Trinajstić information content (AvgIpc) is 2.73. The quantitative estimate of drug-likeness (QED) is 0.565. The van der Waals surface area contributed by atoms with Crippen molar-refractivity contribution in [1.29, 1.82) is 0 Å². The molecule has 32 heavy (non-hydrogen) atoms. The van der Waals surface area contributed by atoms with Gasteiger partial charge in [-0.25, -0.2) is 0 Å². The van der Waals surface area contributed by atoms with Gasteiger partial charge in [-0.1, -0.05) is 0 Å². The lowest BCUT2D eigenvalue weighted by molar-refractivity contribution is 0.0710. The molecule has 2 aliphatic rings. The molecule has 0 aromatic heterocycles.